The van der Waals surface area contributed by atoms with Crippen LogP contribution in [0.3, 0.4) is 0 Å². The molecule has 0 spiro atoms. The zero-order valence-electron chi connectivity index (χ0n) is 12.5. The number of hydrogen-bond acceptors (Lipinski definition) is 4. The summed E-state index contributed by atoms with van der Waals surface area (Å²) in [5.41, 5.74) is 3.67. The van der Waals surface area contributed by atoms with E-state index in [1.165, 1.54) is 11.3 Å². The molecule has 3 aromatic rings. The van der Waals surface area contributed by atoms with Crippen LogP contribution in [0.15, 0.2) is 53.4 Å². The quantitative estimate of drug-likeness (QED) is 0.660. The molecule has 1 heterocycles. The average molecular weight is 354 g/mol. The van der Waals surface area contributed by atoms with E-state index in [0.29, 0.717) is 28.1 Å². The summed E-state index contributed by atoms with van der Waals surface area (Å²) in [6.07, 6.45) is 2.24. The van der Waals surface area contributed by atoms with Gasteiger partial charge in [-0.25, -0.2) is 4.98 Å². The van der Waals surface area contributed by atoms with Crippen LogP contribution in [0, 0.1) is 0 Å². The highest BCUT2D eigenvalue weighted by Crippen LogP contribution is 2.34. The van der Waals surface area contributed by atoms with Crippen molar-refractivity contribution in [3.63, 3.8) is 0 Å². The second kappa shape index (κ2) is 5.89. The highest BCUT2D eigenvalue weighted by Gasteiger charge is 2.27. The van der Waals surface area contributed by atoms with Crippen molar-refractivity contribution in [2.24, 2.45) is 0 Å². The molecular weight excluding hydrogens is 342 g/mol. The number of hydrogen-bond donors (Lipinski definition) is 1. The molecule has 0 aliphatic heterocycles. The van der Waals surface area contributed by atoms with Gasteiger partial charge in [0, 0.05) is 39.1 Å². The number of thiazole rings is 1. The number of aromatic hydroxyl groups is 1. The monoisotopic (exact) mass is 353 g/mol. The van der Waals surface area contributed by atoms with Crippen LogP contribution in [0.1, 0.15) is 21.6 Å². The standard InChI is InChI=1S/C19H12ClNO2S/c20-13-6-4-11(5-7-13)19-21-14(10-24-19)8-12-9-16-15(18(12)23)2-1-3-17(16)22/h1-8,10,22H,9H2/b12-8-. The minimum absolute atomic E-state index is 0.0399. The highest BCUT2D eigenvalue weighted by atomic mass is 35.5. The second-order valence-corrected chi connectivity index (χ2v) is 6.86. The molecule has 3 nitrogen and oxygen atoms in total. The van der Waals surface area contributed by atoms with E-state index in [9.17, 15) is 9.90 Å². The molecule has 24 heavy (non-hydrogen) atoms. The molecule has 0 fully saturated rings. The molecule has 0 unspecified atom stereocenters. The lowest BCUT2D eigenvalue weighted by Gasteiger charge is -1.97. The molecule has 0 amide bonds. The summed E-state index contributed by atoms with van der Waals surface area (Å²) in [5.74, 6) is 0.131. The summed E-state index contributed by atoms with van der Waals surface area (Å²) in [4.78, 5) is 17.0. The SMILES string of the molecule is O=C1/C(=C\c2csc(-c3ccc(Cl)cc3)n2)Cc2c(O)cccc21. The molecular formula is C19H12ClNO2S. The average Bonchev–Trinajstić information content (AvgIpc) is 3.16. The lowest BCUT2D eigenvalue weighted by atomic mass is 10.1. The Morgan fingerprint density at radius 2 is 1.96 bits per heavy atom. The van der Waals surface area contributed by atoms with Gasteiger partial charge in [-0.2, -0.15) is 0 Å². The number of phenols is 1. The largest absolute Gasteiger partial charge is 0.508 e. The molecule has 5 heteroatoms. The third-order valence-electron chi connectivity index (χ3n) is 3.99. The fraction of sp³-hybridized carbons (Fsp3) is 0.0526. The van der Waals surface area contributed by atoms with Crippen LogP contribution in [0.4, 0.5) is 0 Å². The van der Waals surface area contributed by atoms with E-state index in [1.54, 1.807) is 24.3 Å². The summed E-state index contributed by atoms with van der Waals surface area (Å²) in [5, 5.41) is 13.4. The maximum atomic E-state index is 12.4. The van der Waals surface area contributed by atoms with Gasteiger partial charge in [-0.1, -0.05) is 35.9 Å². The normalized spacial score (nSPS) is 15.0. The molecule has 1 aliphatic rings. The van der Waals surface area contributed by atoms with E-state index < -0.39 is 0 Å². The van der Waals surface area contributed by atoms with Crippen molar-refractivity contribution in [3.05, 3.63) is 75.3 Å². The number of rotatable bonds is 2. The number of allylic oxidation sites excluding steroid dienone is 1. The van der Waals surface area contributed by atoms with Crippen molar-refractivity contribution in [1.82, 2.24) is 4.98 Å². The summed E-state index contributed by atoms with van der Waals surface area (Å²) in [6, 6.07) is 12.6. The zero-order chi connectivity index (χ0) is 16.7. The van der Waals surface area contributed by atoms with Gasteiger partial charge in [0.05, 0.1) is 5.69 Å². The Labute approximate surface area is 147 Å². The molecule has 0 saturated carbocycles. The number of aromatic nitrogens is 1. The van der Waals surface area contributed by atoms with E-state index in [4.69, 9.17) is 11.6 Å². The van der Waals surface area contributed by atoms with E-state index in [1.807, 2.05) is 29.6 Å². The van der Waals surface area contributed by atoms with Gasteiger partial charge in [0.15, 0.2) is 5.78 Å². The van der Waals surface area contributed by atoms with Crippen LogP contribution in [0.5, 0.6) is 5.75 Å². The number of Topliss-reactive ketones (excluding diaryl/α,β-unsaturated/α-hetero) is 1. The zero-order valence-corrected chi connectivity index (χ0v) is 14.1. The molecule has 0 radical (unpaired) electrons. The summed E-state index contributed by atoms with van der Waals surface area (Å²) in [7, 11) is 0. The Morgan fingerprint density at radius 1 is 1.17 bits per heavy atom. The third kappa shape index (κ3) is 2.64. The van der Waals surface area contributed by atoms with Gasteiger partial charge in [-0.3, -0.25) is 4.79 Å². The maximum Gasteiger partial charge on any atom is 0.189 e. The molecule has 4 rings (SSSR count). The van der Waals surface area contributed by atoms with Crippen LogP contribution < -0.4 is 0 Å². The predicted octanol–water partition coefficient (Wildman–Crippen LogP) is 4.99. The summed E-state index contributed by atoms with van der Waals surface area (Å²) >= 11 is 7.43. The summed E-state index contributed by atoms with van der Waals surface area (Å²) in [6.45, 7) is 0. The van der Waals surface area contributed by atoms with Gasteiger partial charge in [-0.05, 0) is 24.3 Å². The first-order valence-corrected chi connectivity index (χ1v) is 8.65. The highest BCUT2D eigenvalue weighted by molar-refractivity contribution is 7.13. The second-order valence-electron chi connectivity index (χ2n) is 5.56. The number of phenolic OH excluding ortho intramolecular Hbond substituents is 1. The third-order valence-corrected chi connectivity index (χ3v) is 5.15. The lowest BCUT2D eigenvalue weighted by Crippen LogP contribution is -1.95. The van der Waals surface area contributed by atoms with Crippen LogP contribution >= 0.6 is 22.9 Å². The Morgan fingerprint density at radius 3 is 2.71 bits per heavy atom. The van der Waals surface area contributed by atoms with E-state index >= 15 is 0 Å². The van der Waals surface area contributed by atoms with E-state index in [0.717, 1.165) is 16.3 Å². The van der Waals surface area contributed by atoms with Gasteiger partial charge in [-0.15, -0.1) is 11.3 Å². The first-order valence-electron chi connectivity index (χ1n) is 7.39. The van der Waals surface area contributed by atoms with Crippen LogP contribution in [0.25, 0.3) is 16.6 Å². The molecule has 1 N–H and O–H groups in total. The molecule has 1 aliphatic carbocycles. The Bertz CT molecular complexity index is 973. The van der Waals surface area contributed by atoms with Crippen LogP contribution in [-0.4, -0.2) is 15.9 Å². The number of fused-ring (bicyclic) bond motifs is 1. The van der Waals surface area contributed by atoms with Crippen molar-refractivity contribution in [1.29, 1.82) is 0 Å². The van der Waals surface area contributed by atoms with Crippen molar-refractivity contribution in [2.75, 3.05) is 0 Å². The molecule has 1 aromatic heterocycles. The number of nitrogens with zero attached hydrogens (tertiary/aromatic N) is 1. The lowest BCUT2D eigenvalue weighted by molar-refractivity contribution is 0.104. The van der Waals surface area contributed by atoms with Crippen LogP contribution in [0.2, 0.25) is 5.02 Å². The van der Waals surface area contributed by atoms with Gasteiger partial charge in [0.1, 0.15) is 10.8 Å². The van der Waals surface area contributed by atoms with Crippen LogP contribution in [-0.2, 0) is 6.42 Å². The van der Waals surface area contributed by atoms with Gasteiger partial charge in [0.25, 0.3) is 0 Å². The molecule has 2 aromatic carbocycles. The molecule has 0 saturated heterocycles. The Kier molecular flexibility index (Phi) is 3.71. The Balaban J connectivity index is 1.65. The van der Waals surface area contributed by atoms with Gasteiger partial charge >= 0.3 is 0 Å². The smallest absolute Gasteiger partial charge is 0.189 e. The van der Waals surface area contributed by atoms with E-state index in [-0.39, 0.29) is 11.5 Å². The van der Waals surface area contributed by atoms with Crippen molar-refractivity contribution >= 4 is 34.8 Å². The number of carbonyl (C=O) groups excluding carboxylic acids is 1. The topological polar surface area (TPSA) is 50.2 Å². The van der Waals surface area contributed by atoms with Crippen molar-refractivity contribution in [3.8, 4) is 16.3 Å². The first-order chi connectivity index (χ1) is 11.6. The number of carbonyl (C=O) groups is 1. The maximum absolute atomic E-state index is 12.4. The van der Waals surface area contributed by atoms with Crippen molar-refractivity contribution in [2.45, 2.75) is 6.42 Å². The number of benzene rings is 2. The fourth-order valence-electron chi connectivity index (χ4n) is 2.79. The predicted molar refractivity (Wildman–Crippen MR) is 96.7 cm³/mol. The minimum Gasteiger partial charge on any atom is -0.508 e. The van der Waals surface area contributed by atoms with Crippen molar-refractivity contribution < 1.29 is 9.90 Å². The first kappa shape index (κ1) is 15.1. The fourth-order valence-corrected chi connectivity index (χ4v) is 3.70. The Hall–Kier alpha value is -2.43. The van der Waals surface area contributed by atoms with E-state index in [2.05, 4.69) is 4.98 Å². The number of halogens is 1. The summed E-state index contributed by atoms with van der Waals surface area (Å²) < 4.78 is 0. The molecule has 118 valence electrons. The molecule has 0 bridgehead atoms. The van der Waals surface area contributed by atoms with Gasteiger partial charge in [0.2, 0.25) is 0 Å². The van der Waals surface area contributed by atoms with Gasteiger partial charge < -0.3 is 5.11 Å². The number of ketones is 1. The minimum atomic E-state index is -0.0399. The molecule has 0 atom stereocenters.